The van der Waals surface area contributed by atoms with Crippen LogP contribution in [0.15, 0.2) is 36.9 Å². The van der Waals surface area contributed by atoms with E-state index < -0.39 is 0 Å². The van der Waals surface area contributed by atoms with Crippen molar-refractivity contribution < 1.29 is 4.79 Å². The van der Waals surface area contributed by atoms with E-state index in [0.717, 1.165) is 18.4 Å². The van der Waals surface area contributed by atoms with Crippen molar-refractivity contribution in [2.24, 2.45) is 0 Å². The molecular formula is C13H17NO. The summed E-state index contributed by atoms with van der Waals surface area (Å²) in [5.74, 6) is -0.00669. The summed E-state index contributed by atoms with van der Waals surface area (Å²) in [5.41, 5.74) is 1.96. The van der Waals surface area contributed by atoms with Crippen molar-refractivity contribution in [3.8, 4) is 0 Å². The second kappa shape index (κ2) is 6.02. The van der Waals surface area contributed by atoms with E-state index in [1.165, 1.54) is 5.56 Å². The van der Waals surface area contributed by atoms with Crippen molar-refractivity contribution >= 4 is 5.91 Å². The second-order valence-electron chi connectivity index (χ2n) is 3.38. The molecule has 0 aliphatic heterocycles. The van der Waals surface area contributed by atoms with Crippen LogP contribution in [0.4, 0.5) is 0 Å². The van der Waals surface area contributed by atoms with E-state index in [0.29, 0.717) is 6.54 Å². The largest absolute Gasteiger partial charge is 0.352 e. The predicted octanol–water partition coefficient (Wildman–Crippen LogP) is 2.55. The van der Waals surface area contributed by atoms with Crippen LogP contribution < -0.4 is 5.32 Å². The minimum Gasteiger partial charge on any atom is -0.352 e. The Morgan fingerprint density at radius 3 is 2.60 bits per heavy atom. The molecule has 80 valence electrons. The van der Waals surface area contributed by atoms with E-state index >= 15 is 0 Å². The van der Waals surface area contributed by atoms with Crippen LogP contribution in [0.2, 0.25) is 0 Å². The minimum absolute atomic E-state index is 0.00669. The van der Waals surface area contributed by atoms with E-state index in [2.05, 4.69) is 11.9 Å². The zero-order valence-corrected chi connectivity index (χ0v) is 9.12. The fourth-order valence-electron chi connectivity index (χ4n) is 1.35. The number of rotatable bonds is 5. The van der Waals surface area contributed by atoms with Gasteiger partial charge in [-0.05, 0) is 37.5 Å². The second-order valence-corrected chi connectivity index (χ2v) is 3.38. The summed E-state index contributed by atoms with van der Waals surface area (Å²) in [6, 6.07) is 7.72. The molecule has 1 aromatic rings. The van der Waals surface area contributed by atoms with Crippen LogP contribution in [0.5, 0.6) is 0 Å². The SMILES string of the molecule is C=CCCc1ccc(C(=O)NCC)cc1. The molecule has 0 aromatic heterocycles. The van der Waals surface area contributed by atoms with Gasteiger partial charge >= 0.3 is 0 Å². The monoisotopic (exact) mass is 203 g/mol. The van der Waals surface area contributed by atoms with E-state index in [4.69, 9.17) is 0 Å². The molecule has 0 unspecified atom stereocenters. The Bertz CT molecular complexity index is 327. The third-order valence-corrected chi connectivity index (χ3v) is 2.19. The standard InChI is InChI=1S/C13H17NO/c1-3-5-6-11-7-9-12(10-8-11)13(15)14-4-2/h3,7-10H,1,4-6H2,2H3,(H,14,15). The maximum Gasteiger partial charge on any atom is 0.251 e. The van der Waals surface area contributed by atoms with Crippen molar-refractivity contribution in [1.29, 1.82) is 0 Å². The number of carbonyl (C=O) groups excluding carboxylic acids is 1. The van der Waals surface area contributed by atoms with Gasteiger partial charge in [-0.15, -0.1) is 6.58 Å². The Morgan fingerprint density at radius 1 is 1.40 bits per heavy atom. The van der Waals surface area contributed by atoms with E-state index in [1.54, 1.807) is 0 Å². The lowest BCUT2D eigenvalue weighted by Gasteiger charge is -2.03. The number of benzene rings is 1. The molecule has 0 radical (unpaired) electrons. The lowest BCUT2D eigenvalue weighted by molar-refractivity contribution is 0.0956. The highest BCUT2D eigenvalue weighted by atomic mass is 16.1. The van der Waals surface area contributed by atoms with Crippen LogP contribution >= 0.6 is 0 Å². The van der Waals surface area contributed by atoms with Crippen LogP contribution in [0.25, 0.3) is 0 Å². The zero-order chi connectivity index (χ0) is 11.1. The highest BCUT2D eigenvalue weighted by Crippen LogP contribution is 2.06. The number of nitrogens with one attached hydrogen (secondary N) is 1. The smallest absolute Gasteiger partial charge is 0.251 e. The molecule has 2 heteroatoms. The van der Waals surface area contributed by atoms with Crippen molar-refractivity contribution in [3.63, 3.8) is 0 Å². The van der Waals surface area contributed by atoms with Gasteiger partial charge in [-0.3, -0.25) is 4.79 Å². The van der Waals surface area contributed by atoms with E-state index in [-0.39, 0.29) is 5.91 Å². The summed E-state index contributed by atoms with van der Waals surface area (Å²) in [6.07, 6.45) is 3.86. The van der Waals surface area contributed by atoms with Crippen molar-refractivity contribution in [2.75, 3.05) is 6.54 Å². The first-order valence-corrected chi connectivity index (χ1v) is 5.26. The summed E-state index contributed by atoms with van der Waals surface area (Å²) < 4.78 is 0. The Labute approximate surface area is 91.0 Å². The van der Waals surface area contributed by atoms with Gasteiger partial charge in [0.1, 0.15) is 0 Å². The van der Waals surface area contributed by atoms with Gasteiger partial charge in [0.25, 0.3) is 5.91 Å². The summed E-state index contributed by atoms with van der Waals surface area (Å²) in [7, 11) is 0. The van der Waals surface area contributed by atoms with Gasteiger partial charge in [-0.25, -0.2) is 0 Å². The lowest BCUT2D eigenvalue weighted by Crippen LogP contribution is -2.22. The summed E-state index contributed by atoms with van der Waals surface area (Å²) in [4.78, 5) is 11.4. The quantitative estimate of drug-likeness (QED) is 0.732. The van der Waals surface area contributed by atoms with Crippen molar-refractivity contribution in [3.05, 3.63) is 48.0 Å². The molecule has 0 bridgehead atoms. The minimum atomic E-state index is -0.00669. The molecule has 0 heterocycles. The molecule has 0 spiro atoms. The maximum atomic E-state index is 11.4. The topological polar surface area (TPSA) is 29.1 Å². The Balaban J connectivity index is 2.63. The average molecular weight is 203 g/mol. The van der Waals surface area contributed by atoms with Gasteiger partial charge in [-0.2, -0.15) is 0 Å². The predicted molar refractivity (Wildman–Crippen MR) is 63.0 cm³/mol. The molecule has 0 aliphatic carbocycles. The van der Waals surface area contributed by atoms with Gasteiger partial charge in [-0.1, -0.05) is 18.2 Å². The lowest BCUT2D eigenvalue weighted by atomic mass is 10.1. The van der Waals surface area contributed by atoms with Crippen molar-refractivity contribution in [2.45, 2.75) is 19.8 Å². The normalized spacial score (nSPS) is 9.67. The van der Waals surface area contributed by atoms with Gasteiger partial charge in [0, 0.05) is 12.1 Å². The Morgan fingerprint density at radius 2 is 2.07 bits per heavy atom. The van der Waals surface area contributed by atoms with Crippen LogP contribution in [0, 0.1) is 0 Å². The number of amides is 1. The zero-order valence-electron chi connectivity index (χ0n) is 9.12. The molecule has 1 aromatic carbocycles. The van der Waals surface area contributed by atoms with Crippen molar-refractivity contribution in [1.82, 2.24) is 5.32 Å². The van der Waals surface area contributed by atoms with Crippen LogP contribution in [-0.2, 0) is 6.42 Å². The molecule has 1 rings (SSSR count). The van der Waals surface area contributed by atoms with Gasteiger partial charge in [0.2, 0.25) is 0 Å². The van der Waals surface area contributed by atoms with E-state index in [1.807, 2.05) is 37.3 Å². The summed E-state index contributed by atoms with van der Waals surface area (Å²) in [5, 5.41) is 2.77. The molecule has 0 saturated carbocycles. The molecular weight excluding hydrogens is 186 g/mol. The van der Waals surface area contributed by atoms with E-state index in [9.17, 15) is 4.79 Å². The number of carbonyl (C=O) groups is 1. The summed E-state index contributed by atoms with van der Waals surface area (Å²) in [6.45, 7) is 6.26. The molecule has 0 aliphatic rings. The first-order chi connectivity index (χ1) is 7.27. The number of hydrogen-bond acceptors (Lipinski definition) is 1. The molecule has 0 fully saturated rings. The first-order valence-electron chi connectivity index (χ1n) is 5.26. The average Bonchev–Trinajstić information content (AvgIpc) is 2.27. The molecule has 0 saturated heterocycles. The fraction of sp³-hybridized carbons (Fsp3) is 0.308. The Kier molecular flexibility index (Phi) is 4.61. The number of aryl methyl sites for hydroxylation is 1. The molecule has 0 atom stereocenters. The molecule has 2 nitrogen and oxygen atoms in total. The Hall–Kier alpha value is -1.57. The number of hydrogen-bond donors (Lipinski definition) is 1. The highest BCUT2D eigenvalue weighted by Gasteiger charge is 2.02. The fourth-order valence-corrected chi connectivity index (χ4v) is 1.35. The number of allylic oxidation sites excluding steroid dienone is 1. The summed E-state index contributed by atoms with van der Waals surface area (Å²) >= 11 is 0. The van der Waals surface area contributed by atoms with Crippen LogP contribution in [-0.4, -0.2) is 12.5 Å². The van der Waals surface area contributed by atoms with Gasteiger partial charge in [0.05, 0.1) is 0 Å². The third kappa shape index (κ3) is 3.58. The van der Waals surface area contributed by atoms with Gasteiger partial charge < -0.3 is 5.32 Å². The molecule has 15 heavy (non-hydrogen) atoms. The molecule has 1 amide bonds. The molecule has 1 N–H and O–H groups in total. The first kappa shape index (κ1) is 11.5. The van der Waals surface area contributed by atoms with Crippen LogP contribution in [0.3, 0.4) is 0 Å². The highest BCUT2D eigenvalue weighted by molar-refractivity contribution is 5.94. The van der Waals surface area contributed by atoms with Crippen LogP contribution in [0.1, 0.15) is 29.3 Å². The third-order valence-electron chi connectivity index (χ3n) is 2.19. The van der Waals surface area contributed by atoms with Gasteiger partial charge in [0.15, 0.2) is 0 Å². The maximum absolute atomic E-state index is 11.4.